The molecule has 2 heterocycles. The van der Waals surface area contributed by atoms with Crippen LogP contribution in [0.15, 0.2) is 51.4 Å². The smallest absolute Gasteiger partial charge is 0.231 e. The van der Waals surface area contributed by atoms with E-state index in [2.05, 4.69) is 36.8 Å². The van der Waals surface area contributed by atoms with Crippen molar-refractivity contribution in [2.45, 2.75) is 11.8 Å². The third-order valence-electron chi connectivity index (χ3n) is 6.86. The Morgan fingerprint density at radius 2 is 1.33 bits per heavy atom. The van der Waals surface area contributed by atoms with Gasteiger partial charge < -0.3 is 14.7 Å². The molecule has 2 fully saturated rings. The number of hydrogen-bond acceptors (Lipinski definition) is 5. The molecule has 2 amide bonds. The van der Waals surface area contributed by atoms with Crippen molar-refractivity contribution in [2.75, 3.05) is 57.8 Å². The summed E-state index contributed by atoms with van der Waals surface area (Å²) in [5, 5.41) is 0. The van der Waals surface area contributed by atoms with Gasteiger partial charge in [-0.2, -0.15) is 0 Å². The van der Waals surface area contributed by atoms with E-state index < -0.39 is 33.4 Å². The van der Waals surface area contributed by atoms with E-state index in [1.807, 2.05) is 7.05 Å². The lowest BCUT2D eigenvalue weighted by atomic mass is 9.79. The van der Waals surface area contributed by atoms with Crippen LogP contribution in [0.4, 0.5) is 4.39 Å². The average molecular weight is 645 g/mol. The number of piperazine rings is 1. The Kier molecular flexibility index (Phi) is 8.53. The number of rotatable bonds is 5. The van der Waals surface area contributed by atoms with E-state index in [0.717, 1.165) is 4.47 Å². The Bertz CT molecular complexity index is 1220. The molecule has 0 spiro atoms. The molecule has 0 N–H and O–H groups in total. The number of benzene rings is 2. The van der Waals surface area contributed by atoms with Gasteiger partial charge in [-0.25, -0.2) is 12.8 Å². The molecule has 7 nitrogen and oxygen atoms in total. The lowest BCUT2D eigenvalue weighted by Crippen LogP contribution is -2.51. The standard InChI is InChI=1S/C25H28Br2FN3O4S/c1-29-8-10-30(11-9-29)24(32)22(17-2-4-18(26)5-3-17)23(20-7-6-19(27)16-21(20)28)25(33)31-12-14-36(34,35)15-13-31/h2-7,16,22-23H,8-15H2,1H3. The fourth-order valence-corrected chi connectivity index (χ4v) is 6.51. The number of amides is 2. The molecule has 2 aliphatic rings. The summed E-state index contributed by atoms with van der Waals surface area (Å²) in [5.74, 6) is -3.69. The van der Waals surface area contributed by atoms with Crippen LogP contribution in [-0.4, -0.2) is 92.8 Å². The number of carbonyl (C=O) groups excluding carboxylic acids is 2. The monoisotopic (exact) mass is 643 g/mol. The molecule has 2 atom stereocenters. The van der Waals surface area contributed by atoms with Gasteiger partial charge in [-0.1, -0.05) is 50.1 Å². The van der Waals surface area contributed by atoms with E-state index in [9.17, 15) is 18.0 Å². The summed E-state index contributed by atoms with van der Waals surface area (Å²) in [6, 6.07) is 11.6. The first-order chi connectivity index (χ1) is 17.1. The van der Waals surface area contributed by atoms with Gasteiger partial charge in [-0.15, -0.1) is 0 Å². The van der Waals surface area contributed by atoms with Crippen molar-refractivity contribution in [1.82, 2.24) is 14.7 Å². The second-order valence-electron chi connectivity index (χ2n) is 9.28. The van der Waals surface area contributed by atoms with Crippen LogP contribution >= 0.6 is 31.9 Å². The van der Waals surface area contributed by atoms with Crippen LogP contribution in [0, 0.1) is 5.82 Å². The summed E-state index contributed by atoms with van der Waals surface area (Å²) in [5.41, 5.74) is 0.722. The molecule has 0 bridgehead atoms. The average Bonchev–Trinajstić information content (AvgIpc) is 2.83. The Morgan fingerprint density at radius 3 is 1.92 bits per heavy atom. The van der Waals surface area contributed by atoms with Crippen LogP contribution in [0.5, 0.6) is 0 Å². The van der Waals surface area contributed by atoms with E-state index in [-0.39, 0.29) is 36.1 Å². The molecule has 0 aliphatic carbocycles. The van der Waals surface area contributed by atoms with Crippen molar-refractivity contribution in [3.63, 3.8) is 0 Å². The number of nitrogens with zero attached hydrogens (tertiary/aromatic N) is 3. The van der Waals surface area contributed by atoms with Gasteiger partial charge in [0.1, 0.15) is 5.82 Å². The maximum Gasteiger partial charge on any atom is 0.231 e. The lowest BCUT2D eigenvalue weighted by molar-refractivity contribution is -0.141. The van der Waals surface area contributed by atoms with Gasteiger partial charge in [-0.3, -0.25) is 9.59 Å². The molecular weight excluding hydrogens is 617 g/mol. The minimum atomic E-state index is -3.23. The predicted molar refractivity (Wildman–Crippen MR) is 143 cm³/mol. The molecule has 11 heteroatoms. The number of carbonyl (C=O) groups is 2. The second-order valence-corrected chi connectivity index (χ2v) is 13.4. The number of halogens is 3. The first-order valence-electron chi connectivity index (χ1n) is 11.7. The van der Waals surface area contributed by atoms with Crippen LogP contribution in [0.1, 0.15) is 23.0 Å². The number of sulfone groups is 1. The van der Waals surface area contributed by atoms with E-state index in [4.69, 9.17) is 0 Å². The van der Waals surface area contributed by atoms with Crippen molar-refractivity contribution >= 4 is 53.5 Å². The molecule has 2 aromatic carbocycles. The van der Waals surface area contributed by atoms with Gasteiger partial charge in [-0.05, 0) is 36.9 Å². The van der Waals surface area contributed by atoms with E-state index >= 15 is 4.39 Å². The van der Waals surface area contributed by atoms with Crippen LogP contribution in [-0.2, 0) is 19.4 Å². The van der Waals surface area contributed by atoms with Gasteiger partial charge in [0.2, 0.25) is 11.8 Å². The van der Waals surface area contributed by atoms with Crippen LogP contribution in [0.2, 0.25) is 0 Å². The lowest BCUT2D eigenvalue weighted by Gasteiger charge is -2.38. The molecule has 2 aromatic rings. The fraction of sp³-hybridized carbons (Fsp3) is 0.440. The van der Waals surface area contributed by atoms with Crippen molar-refractivity contribution in [1.29, 1.82) is 0 Å². The van der Waals surface area contributed by atoms with Crippen molar-refractivity contribution in [2.24, 2.45) is 0 Å². The summed E-state index contributed by atoms with van der Waals surface area (Å²) in [6.45, 7) is 2.46. The molecule has 0 radical (unpaired) electrons. The highest BCUT2D eigenvalue weighted by atomic mass is 79.9. The zero-order chi connectivity index (χ0) is 26.0. The van der Waals surface area contributed by atoms with Gasteiger partial charge in [0.15, 0.2) is 9.84 Å². The predicted octanol–water partition coefficient (Wildman–Crippen LogP) is 3.25. The minimum absolute atomic E-state index is 0.0194. The first-order valence-corrected chi connectivity index (χ1v) is 15.1. The quantitative estimate of drug-likeness (QED) is 0.500. The topological polar surface area (TPSA) is 78.0 Å². The Hall–Kier alpha value is -1.82. The molecule has 36 heavy (non-hydrogen) atoms. The minimum Gasteiger partial charge on any atom is -0.340 e. The molecular formula is C25H28Br2FN3O4S. The zero-order valence-electron chi connectivity index (χ0n) is 19.9. The number of likely N-dealkylation sites (N-methyl/N-ethyl adjacent to an activating group) is 1. The maximum atomic E-state index is 15.4. The Balaban J connectivity index is 1.81. The maximum absolute atomic E-state index is 15.4. The van der Waals surface area contributed by atoms with E-state index in [0.29, 0.717) is 36.2 Å². The fourth-order valence-electron chi connectivity index (χ4n) is 4.71. The van der Waals surface area contributed by atoms with Gasteiger partial charge in [0, 0.05) is 53.8 Å². The van der Waals surface area contributed by atoms with Crippen molar-refractivity contribution < 1.29 is 22.4 Å². The number of hydrogen-bond donors (Lipinski definition) is 0. The Labute approximate surface area is 227 Å². The van der Waals surface area contributed by atoms with Crippen LogP contribution in [0.3, 0.4) is 0 Å². The second kappa shape index (κ2) is 11.3. The van der Waals surface area contributed by atoms with Crippen LogP contribution < -0.4 is 0 Å². The Morgan fingerprint density at radius 1 is 0.806 bits per heavy atom. The summed E-state index contributed by atoms with van der Waals surface area (Å²) in [4.78, 5) is 33.4. The SMILES string of the molecule is CN1CCN(C(=O)C(c2ccc(Br)cc2)C(C(=O)N2CCS(=O)(=O)CC2)c2ccc(Br)cc2F)CC1. The summed E-state index contributed by atoms with van der Waals surface area (Å²) in [7, 11) is -1.24. The third kappa shape index (κ3) is 6.17. The summed E-state index contributed by atoms with van der Waals surface area (Å²) >= 11 is 6.69. The summed E-state index contributed by atoms with van der Waals surface area (Å²) < 4.78 is 40.8. The zero-order valence-corrected chi connectivity index (χ0v) is 23.9. The first kappa shape index (κ1) is 27.2. The van der Waals surface area contributed by atoms with Gasteiger partial charge in [0.05, 0.1) is 23.3 Å². The third-order valence-corrected chi connectivity index (χ3v) is 9.49. The molecule has 0 aromatic heterocycles. The van der Waals surface area contributed by atoms with Gasteiger partial charge in [0.25, 0.3) is 0 Å². The van der Waals surface area contributed by atoms with Crippen molar-refractivity contribution in [3.8, 4) is 0 Å². The molecule has 194 valence electrons. The molecule has 2 aliphatic heterocycles. The van der Waals surface area contributed by atoms with E-state index in [1.165, 1.54) is 17.0 Å². The van der Waals surface area contributed by atoms with E-state index in [1.54, 1.807) is 35.2 Å². The normalized spacial score (nSPS) is 20.1. The molecule has 4 rings (SSSR count). The molecule has 2 unspecified atom stereocenters. The highest BCUT2D eigenvalue weighted by Crippen LogP contribution is 2.39. The van der Waals surface area contributed by atoms with Crippen LogP contribution in [0.25, 0.3) is 0 Å². The summed E-state index contributed by atoms with van der Waals surface area (Å²) in [6.07, 6.45) is 0. The molecule has 2 saturated heterocycles. The molecule has 0 saturated carbocycles. The highest BCUT2D eigenvalue weighted by molar-refractivity contribution is 9.10. The highest BCUT2D eigenvalue weighted by Gasteiger charge is 2.43. The van der Waals surface area contributed by atoms with Gasteiger partial charge >= 0.3 is 0 Å². The largest absolute Gasteiger partial charge is 0.340 e. The van der Waals surface area contributed by atoms with Crippen molar-refractivity contribution in [3.05, 3.63) is 68.4 Å².